The van der Waals surface area contributed by atoms with Crippen molar-refractivity contribution < 1.29 is 0 Å². The summed E-state index contributed by atoms with van der Waals surface area (Å²) in [4.78, 5) is 0. The van der Waals surface area contributed by atoms with E-state index in [0.29, 0.717) is 5.41 Å². The summed E-state index contributed by atoms with van der Waals surface area (Å²) in [7, 11) is 0. The predicted octanol–water partition coefficient (Wildman–Crippen LogP) is 8.50. The van der Waals surface area contributed by atoms with Crippen LogP contribution < -0.4 is 0 Å². The van der Waals surface area contributed by atoms with Crippen molar-refractivity contribution in [2.75, 3.05) is 0 Å². The molecule has 0 nitrogen and oxygen atoms in total. The predicted molar refractivity (Wildman–Crippen MR) is 103 cm³/mol. The van der Waals surface area contributed by atoms with Gasteiger partial charge in [-0.25, -0.2) is 0 Å². The highest BCUT2D eigenvalue weighted by molar-refractivity contribution is 4.94. The fourth-order valence-corrected chi connectivity index (χ4v) is 3.01. The molecule has 0 heterocycles. The Balaban J connectivity index is 3.15. The first-order valence-electron chi connectivity index (χ1n) is 10.3. The summed E-state index contributed by atoms with van der Waals surface area (Å²) >= 11 is 0. The Morgan fingerprint density at radius 3 is 1.18 bits per heavy atom. The highest BCUT2D eigenvalue weighted by Crippen LogP contribution is 2.33. The third-order valence-electron chi connectivity index (χ3n) is 5.51. The SMILES string of the molecule is CCCCCCCCCCCCCCCCC(C)(C)[C](C)C. The van der Waals surface area contributed by atoms with E-state index in [-0.39, 0.29) is 0 Å². The molecule has 0 aliphatic carbocycles. The van der Waals surface area contributed by atoms with Crippen LogP contribution >= 0.6 is 0 Å². The average Bonchev–Trinajstić information content (AvgIpc) is 2.47. The Morgan fingerprint density at radius 2 is 0.864 bits per heavy atom. The molecule has 0 aliphatic heterocycles. The van der Waals surface area contributed by atoms with Crippen LogP contribution in [0, 0.1) is 11.3 Å². The molecule has 22 heavy (non-hydrogen) atoms. The fraction of sp³-hybridized carbons (Fsp3) is 0.955. The molecule has 0 amide bonds. The van der Waals surface area contributed by atoms with Gasteiger partial charge in [0.15, 0.2) is 0 Å². The molecule has 0 fully saturated rings. The second-order valence-electron chi connectivity index (χ2n) is 8.23. The van der Waals surface area contributed by atoms with Crippen LogP contribution in [-0.2, 0) is 0 Å². The van der Waals surface area contributed by atoms with E-state index in [0.717, 1.165) is 0 Å². The van der Waals surface area contributed by atoms with Gasteiger partial charge in [-0.3, -0.25) is 0 Å². The third-order valence-corrected chi connectivity index (χ3v) is 5.51. The van der Waals surface area contributed by atoms with E-state index in [1.807, 2.05) is 0 Å². The van der Waals surface area contributed by atoms with Crippen LogP contribution in [0.5, 0.6) is 0 Å². The minimum atomic E-state index is 0.455. The minimum absolute atomic E-state index is 0.455. The maximum atomic E-state index is 2.39. The zero-order valence-electron chi connectivity index (χ0n) is 16.6. The molecule has 0 aliphatic rings. The van der Waals surface area contributed by atoms with Gasteiger partial charge in [0.25, 0.3) is 0 Å². The summed E-state index contributed by atoms with van der Waals surface area (Å²) in [6, 6.07) is 0. The first-order chi connectivity index (χ1) is 10.5. The van der Waals surface area contributed by atoms with Crippen LogP contribution in [0.1, 0.15) is 131 Å². The summed E-state index contributed by atoms with van der Waals surface area (Å²) in [5.74, 6) is 1.59. The molecule has 0 unspecified atom stereocenters. The number of rotatable bonds is 16. The minimum Gasteiger partial charge on any atom is -0.0654 e. The maximum absolute atomic E-state index is 2.39. The van der Waals surface area contributed by atoms with Crippen LogP contribution in [0.3, 0.4) is 0 Å². The molecule has 1 radical (unpaired) electrons. The van der Waals surface area contributed by atoms with Crippen LogP contribution in [-0.4, -0.2) is 0 Å². The topological polar surface area (TPSA) is 0 Å². The number of hydrogen-bond acceptors (Lipinski definition) is 0. The third kappa shape index (κ3) is 13.6. The molecule has 0 atom stereocenters. The molecule has 133 valence electrons. The molecule has 0 spiro atoms. The lowest BCUT2D eigenvalue weighted by molar-refractivity contribution is 0.339. The quantitative estimate of drug-likeness (QED) is 0.251. The summed E-state index contributed by atoms with van der Waals surface area (Å²) in [6.07, 6.45) is 21.7. The Morgan fingerprint density at radius 1 is 0.545 bits per heavy atom. The van der Waals surface area contributed by atoms with Crippen LogP contribution in [0.2, 0.25) is 0 Å². The molecular weight excluding hydrogens is 264 g/mol. The average molecular weight is 310 g/mol. The van der Waals surface area contributed by atoms with Crippen LogP contribution in [0.25, 0.3) is 0 Å². The van der Waals surface area contributed by atoms with Crippen molar-refractivity contribution in [3.8, 4) is 0 Å². The highest BCUT2D eigenvalue weighted by Gasteiger charge is 2.21. The Bertz CT molecular complexity index is 214. The lowest BCUT2D eigenvalue weighted by Crippen LogP contribution is -2.16. The van der Waals surface area contributed by atoms with Gasteiger partial charge < -0.3 is 0 Å². The van der Waals surface area contributed by atoms with E-state index >= 15 is 0 Å². The van der Waals surface area contributed by atoms with E-state index < -0.39 is 0 Å². The van der Waals surface area contributed by atoms with E-state index in [9.17, 15) is 0 Å². The van der Waals surface area contributed by atoms with Gasteiger partial charge in [-0.15, -0.1) is 0 Å². The Kier molecular flexibility index (Phi) is 14.6. The Hall–Kier alpha value is 0. The highest BCUT2D eigenvalue weighted by atomic mass is 14.3. The molecule has 0 heteroatoms. The van der Waals surface area contributed by atoms with Gasteiger partial charge >= 0.3 is 0 Å². The first kappa shape index (κ1) is 22.0. The van der Waals surface area contributed by atoms with Gasteiger partial charge in [0, 0.05) is 0 Å². The molecule has 0 bridgehead atoms. The van der Waals surface area contributed by atoms with E-state index in [1.54, 1.807) is 5.92 Å². The number of unbranched alkanes of at least 4 members (excludes halogenated alkanes) is 13. The fourth-order valence-electron chi connectivity index (χ4n) is 3.01. The lowest BCUT2D eigenvalue weighted by Gasteiger charge is -2.28. The smallest absolute Gasteiger partial charge is 0.0247 e. The normalized spacial score (nSPS) is 12.3. The summed E-state index contributed by atoms with van der Waals surface area (Å²) < 4.78 is 0. The zero-order valence-corrected chi connectivity index (χ0v) is 16.6. The molecule has 0 aromatic carbocycles. The van der Waals surface area contributed by atoms with Crippen molar-refractivity contribution in [2.45, 2.75) is 131 Å². The van der Waals surface area contributed by atoms with Gasteiger partial charge in [0.05, 0.1) is 0 Å². The number of hydrogen-bond donors (Lipinski definition) is 0. The van der Waals surface area contributed by atoms with Crippen molar-refractivity contribution in [3.05, 3.63) is 5.92 Å². The van der Waals surface area contributed by atoms with Gasteiger partial charge in [-0.1, -0.05) is 125 Å². The lowest BCUT2D eigenvalue weighted by atomic mass is 9.77. The largest absolute Gasteiger partial charge is 0.0654 e. The van der Waals surface area contributed by atoms with E-state index in [4.69, 9.17) is 0 Å². The van der Waals surface area contributed by atoms with E-state index in [1.165, 1.54) is 96.3 Å². The van der Waals surface area contributed by atoms with Gasteiger partial charge in [-0.05, 0) is 17.8 Å². The van der Waals surface area contributed by atoms with Crippen molar-refractivity contribution >= 4 is 0 Å². The van der Waals surface area contributed by atoms with E-state index in [2.05, 4.69) is 34.6 Å². The van der Waals surface area contributed by atoms with Gasteiger partial charge in [0.1, 0.15) is 0 Å². The summed E-state index contributed by atoms with van der Waals surface area (Å²) in [5, 5.41) is 0. The first-order valence-corrected chi connectivity index (χ1v) is 10.3. The Labute approximate surface area is 142 Å². The standard InChI is InChI=1S/C22H45/c1-6-7-8-9-10-11-12-13-14-15-16-17-18-19-20-22(4,5)21(2)3/h6-20H2,1-5H3. The van der Waals surface area contributed by atoms with Crippen LogP contribution in [0.15, 0.2) is 0 Å². The molecule has 0 N–H and O–H groups in total. The molecule has 0 aromatic heterocycles. The second-order valence-corrected chi connectivity index (χ2v) is 8.23. The molecule has 0 aromatic rings. The van der Waals surface area contributed by atoms with Crippen molar-refractivity contribution in [1.29, 1.82) is 0 Å². The van der Waals surface area contributed by atoms with Crippen LogP contribution in [0.4, 0.5) is 0 Å². The maximum Gasteiger partial charge on any atom is -0.0247 e. The molecule has 0 saturated heterocycles. The monoisotopic (exact) mass is 309 g/mol. The van der Waals surface area contributed by atoms with Crippen molar-refractivity contribution in [1.82, 2.24) is 0 Å². The summed E-state index contributed by atoms with van der Waals surface area (Å²) in [5.41, 5.74) is 0.455. The summed E-state index contributed by atoms with van der Waals surface area (Å²) in [6.45, 7) is 11.6. The second kappa shape index (κ2) is 14.6. The van der Waals surface area contributed by atoms with Gasteiger partial charge in [-0.2, -0.15) is 0 Å². The van der Waals surface area contributed by atoms with Crippen molar-refractivity contribution in [2.24, 2.45) is 5.41 Å². The van der Waals surface area contributed by atoms with Crippen molar-refractivity contribution in [3.63, 3.8) is 0 Å². The zero-order chi connectivity index (χ0) is 16.7. The molecule has 0 saturated carbocycles. The molecule has 0 rings (SSSR count). The molecular formula is C22H45. The van der Waals surface area contributed by atoms with Gasteiger partial charge in [0.2, 0.25) is 0 Å².